The summed E-state index contributed by atoms with van der Waals surface area (Å²) in [6.45, 7) is 2.85. The molecule has 0 aromatic rings. The number of hydrogen-bond donors (Lipinski definition) is 1. The van der Waals surface area contributed by atoms with Gasteiger partial charge in [0.25, 0.3) is 0 Å². The van der Waals surface area contributed by atoms with Crippen LogP contribution in [0, 0.1) is 0 Å². The summed E-state index contributed by atoms with van der Waals surface area (Å²) in [4.78, 5) is 11.1. The van der Waals surface area contributed by atoms with Crippen molar-refractivity contribution in [2.45, 2.75) is 6.92 Å². The molecule has 0 fully saturated rings. The Hall–Kier alpha value is -1.03. The topological polar surface area (TPSA) is 52.3 Å². The first-order chi connectivity index (χ1) is 5.87. The Bertz CT molecular complexity index is 204. The molecular formula is C9H19N2O2+. The molecule has 0 aliphatic heterocycles. The molecule has 0 amide bonds. The lowest BCUT2D eigenvalue weighted by molar-refractivity contribution is -0.870. The van der Waals surface area contributed by atoms with Crippen molar-refractivity contribution in [3.05, 3.63) is 11.8 Å². The molecular weight excluding hydrogens is 168 g/mol. The molecule has 0 atom stereocenters. The summed E-state index contributed by atoms with van der Waals surface area (Å²) in [5, 5.41) is 0. The fraction of sp³-hybridized carbons (Fsp3) is 0.667. The van der Waals surface area contributed by atoms with Crippen LogP contribution in [0.4, 0.5) is 0 Å². The van der Waals surface area contributed by atoms with E-state index in [9.17, 15) is 4.79 Å². The van der Waals surface area contributed by atoms with Gasteiger partial charge in [0.1, 0.15) is 13.2 Å². The predicted octanol–water partition coefficient (Wildman–Crippen LogP) is 0.0983. The highest BCUT2D eigenvalue weighted by Gasteiger charge is 2.09. The first-order valence-electron chi connectivity index (χ1n) is 4.23. The van der Waals surface area contributed by atoms with Gasteiger partial charge in [-0.05, 0) is 6.92 Å². The summed E-state index contributed by atoms with van der Waals surface area (Å²) in [7, 11) is 6.12. The molecule has 0 rings (SSSR count). The van der Waals surface area contributed by atoms with Crippen molar-refractivity contribution in [2.24, 2.45) is 5.73 Å². The van der Waals surface area contributed by atoms with Gasteiger partial charge in [-0.25, -0.2) is 4.79 Å². The predicted molar refractivity (Wildman–Crippen MR) is 51.8 cm³/mol. The lowest BCUT2D eigenvalue weighted by atomic mass is 10.3. The Balaban J connectivity index is 3.73. The fourth-order valence-electron chi connectivity index (χ4n) is 0.594. The maximum atomic E-state index is 11.1. The van der Waals surface area contributed by atoms with Crippen LogP contribution >= 0.6 is 0 Å². The minimum absolute atomic E-state index is 0.337. The van der Waals surface area contributed by atoms with Gasteiger partial charge in [-0.15, -0.1) is 0 Å². The number of esters is 1. The third-order valence-corrected chi connectivity index (χ3v) is 1.57. The molecule has 0 spiro atoms. The van der Waals surface area contributed by atoms with Crippen molar-refractivity contribution in [1.82, 2.24) is 0 Å². The number of nitrogens with zero attached hydrogens (tertiary/aromatic N) is 1. The van der Waals surface area contributed by atoms with E-state index in [1.807, 2.05) is 21.1 Å². The van der Waals surface area contributed by atoms with Gasteiger partial charge in [0.2, 0.25) is 0 Å². The minimum Gasteiger partial charge on any atom is -0.456 e. The van der Waals surface area contributed by atoms with Gasteiger partial charge in [-0.2, -0.15) is 0 Å². The summed E-state index contributed by atoms with van der Waals surface area (Å²) in [6, 6.07) is 0. The van der Waals surface area contributed by atoms with E-state index in [4.69, 9.17) is 10.5 Å². The number of rotatable bonds is 4. The monoisotopic (exact) mass is 187 g/mol. The summed E-state index contributed by atoms with van der Waals surface area (Å²) in [6.07, 6.45) is 1.26. The van der Waals surface area contributed by atoms with Crippen LogP contribution in [0.1, 0.15) is 6.92 Å². The molecule has 0 aliphatic carbocycles. The van der Waals surface area contributed by atoms with Gasteiger partial charge >= 0.3 is 5.97 Å². The van der Waals surface area contributed by atoms with Crippen LogP contribution in [0.15, 0.2) is 11.8 Å². The van der Waals surface area contributed by atoms with E-state index in [0.717, 1.165) is 11.0 Å². The number of likely N-dealkylation sites (N-methyl/N-ethyl adjacent to an activating group) is 1. The molecule has 0 heterocycles. The Kier molecular flexibility index (Phi) is 4.48. The van der Waals surface area contributed by atoms with E-state index in [-0.39, 0.29) is 5.97 Å². The highest BCUT2D eigenvalue weighted by molar-refractivity contribution is 5.87. The molecule has 0 aromatic carbocycles. The molecule has 4 heteroatoms. The highest BCUT2D eigenvalue weighted by atomic mass is 16.5. The number of quaternary nitrogens is 1. The Morgan fingerprint density at radius 1 is 1.46 bits per heavy atom. The summed E-state index contributed by atoms with van der Waals surface area (Å²) in [5.41, 5.74) is 5.61. The van der Waals surface area contributed by atoms with Gasteiger partial charge in [-0.1, -0.05) is 0 Å². The molecule has 76 valence electrons. The molecule has 0 aromatic heterocycles. The zero-order chi connectivity index (χ0) is 10.5. The second-order valence-electron chi connectivity index (χ2n) is 4.00. The molecule has 0 aliphatic rings. The number of ether oxygens (including phenoxy) is 1. The van der Waals surface area contributed by atoms with Crippen LogP contribution in [-0.4, -0.2) is 44.7 Å². The summed E-state index contributed by atoms with van der Waals surface area (Å²) in [5.74, 6) is -0.337. The van der Waals surface area contributed by atoms with E-state index in [1.54, 1.807) is 6.92 Å². The smallest absolute Gasteiger partial charge is 0.335 e. The van der Waals surface area contributed by atoms with E-state index in [0.29, 0.717) is 12.2 Å². The highest BCUT2D eigenvalue weighted by Crippen LogP contribution is 1.95. The molecule has 13 heavy (non-hydrogen) atoms. The maximum Gasteiger partial charge on any atom is 0.335 e. The van der Waals surface area contributed by atoms with Crippen LogP contribution in [0.25, 0.3) is 0 Å². The zero-order valence-electron chi connectivity index (χ0n) is 8.83. The maximum absolute atomic E-state index is 11.1. The van der Waals surface area contributed by atoms with Crippen LogP contribution in [0.2, 0.25) is 0 Å². The average Bonchev–Trinajstić information content (AvgIpc) is 2.00. The molecule has 2 N–H and O–H groups in total. The number of nitrogens with two attached hydrogens (primary N) is 1. The second-order valence-corrected chi connectivity index (χ2v) is 4.00. The van der Waals surface area contributed by atoms with Crippen LogP contribution in [-0.2, 0) is 9.53 Å². The van der Waals surface area contributed by atoms with Gasteiger partial charge in [-0.3, -0.25) is 0 Å². The van der Waals surface area contributed by atoms with Gasteiger partial charge in [0.05, 0.1) is 21.1 Å². The normalized spacial score (nSPS) is 12.8. The Morgan fingerprint density at radius 2 is 2.00 bits per heavy atom. The Labute approximate surface area is 79.6 Å². The largest absolute Gasteiger partial charge is 0.456 e. The third kappa shape index (κ3) is 6.16. The average molecular weight is 187 g/mol. The van der Waals surface area contributed by atoms with E-state index in [2.05, 4.69) is 0 Å². The van der Waals surface area contributed by atoms with Crippen LogP contribution < -0.4 is 5.73 Å². The molecule has 0 saturated carbocycles. The number of carbonyl (C=O) groups excluding carboxylic acids is 1. The van der Waals surface area contributed by atoms with Crippen molar-refractivity contribution in [1.29, 1.82) is 0 Å². The third-order valence-electron chi connectivity index (χ3n) is 1.57. The van der Waals surface area contributed by atoms with E-state index in [1.165, 1.54) is 6.20 Å². The number of carbonyl (C=O) groups is 1. The standard InChI is InChI=1S/C9H18N2O2/c1-8(7-10)9(12)13-6-5-11(2,3)4/h7H,5-6H2,1-4H3,(H-,10,12)/p+1. The lowest BCUT2D eigenvalue weighted by Gasteiger charge is -2.23. The van der Waals surface area contributed by atoms with Crippen molar-refractivity contribution >= 4 is 5.97 Å². The van der Waals surface area contributed by atoms with Crippen LogP contribution in [0.3, 0.4) is 0 Å². The first kappa shape index (κ1) is 12.0. The SMILES string of the molecule is CC(=CN)C(=O)OCC[N+](C)(C)C. The zero-order valence-corrected chi connectivity index (χ0v) is 8.83. The van der Waals surface area contributed by atoms with Crippen molar-refractivity contribution in [2.75, 3.05) is 34.3 Å². The number of hydrogen-bond acceptors (Lipinski definition) is 3. The minimum atomic E-state index is -0.337. The van der Waals surface area contributed by atoms with Gasteiger partial charge in [0, 0.05) is 11.8 Å². The summed E-state index contributed by atoms with van der Waals surface area (Å²) >= 11 is 0. The van der Waals surface area contributed by atoms with Crippen molar-refractivity contribution in [3.63, 3.8) is 0 Å². The molecule has 0 radical (unpaired) electrons. The lowest BCUT2D eigenvalue weighted by Crippen LogP contribution is -2.38. The van der Waals surface area contributed by atoms with Crippen molar-refractivity contribution < 1.29 is 14.0 Å². The second kappa shape index (κ2) is 4.87. The summed E-state index contributed by atoms with van der Waals surface area (Å²) < 4.78 is 5.74. The molecule has 4 nitrogen and oxygen atoms in total. The van der Waals surface area contributed by atoms with E-state index < -0.39 is 0 Å². The fourth-order valence-corrected chi connectivity index (χ4v) is 0.594. The van der Waals surface area contributed by atoms with Crippen molar-refractivity contribution in [3.8, 4) is 0 Å². The Morgan fingerprint density at radius 3 is 2.38 bits per heavy atom. The molecule has 0 unspecified atom stereocenters. The van der Waals surface area contributed by atoms with Gasteiger partial charge in [0.15, 0.2) is 0 Å². The quantitative estimate of drug-likeness (QED) is 0.386. The molecule has 0 bridgehead atoms. The first-order valence-corrected chi connectivity index (χ1v) is 4.23. The van der Waals surface area contributed by atoms with Gasteiger partial charge < -0.3 is 15.0 Å². The molecule has 0 saturated heterocycles. The van der Waals surface area contributed by atoms with Crippen LogP contribution in [0.5, 0.6) is 0 Å². The van der Waals surface area contributed by atoms with E-state index >= 15 is 0 Å².